The Morgan fingerprint density at radius 3 is 2.75 bits per heavy atom. The van der Waals surface area contributed by atoms with Crippen LogP contribution in [0.1, 0.15) is 24.4 Å². The zero-order valence-electron chi connectivity index (χ0n) is 11.8. The van der Waals surface area contributed by atoms with Crippen LogP contribution in [0, 0.1) is 6.92 Å². The Kier molecular flexibility index (Phi) is 4.34. The maximum atomic E-state index is 11.5. The molecule has 0 saturated carbocycles. The van der Waals surface area contributed by atoms with Crippen LogP contribution in [0.2, 0.25) is 0 Å². The van der Waals surface area contributed by atoms with Gasteiger partial charge in [0, 0.05) is 30.8 Å². The van der Waals surface area contributed by atoms with Gasteiger partial charge in [0.1, 0.15) is 21.2 Å². The van der Waals surface area contributed by atoms with Gasteiger partial charge in [0.2, 0.25) is 0 Å². The van der Waals surface area contributed by atoms with Gasteiger partial charge < -0.3 is 4.57 Å². The van der Waals surface area contributed by atoms with Crippen LogP contribution < -0.4 is 0 Å². The van der Waals surface area contributed by atoms with Gasteiger partial charge in [-0.1, -0.05) is 0 Å². The molecule has 5 nitrogen and oxygen atoms in total. The molecule has 1 unspecified atom stereocenters. The molecule has 2 rings (SSSR count). The number of rotatable bonds is 5. The molecular formula is C13H18ClN3O2S. The fraction of sp³-hybridized carbons (Fsp3) is 0.538. The Morgan fingerprint density at radius 1 is 1.45 bits per heavy atom. The van der Waals surface area contributed by atoms with Crippen molar-refractivity contribution in [1.82, 2.24) is 14.5 Å². The van der Waals surface area contributed by atoms with E-state index in [9.17, 15) is 8.42 Å². The van der Waals surface area contributed by atoms with Gasteiger partial charge in [0.15, 0.2) is 5.65 Å². The number of fused-ring (bicyclic) bond motifs is 1. The molecule has 0 N–H and O–H groups in total. The molecule has 0 bridgehead atoms. The number of pyridine rings is 1. The number of halogens is 1. The van der Waals surface area contributed by atoms with E-state index < -0.39 is 9.84 Å². The first-order valence-electron chi connectivity index (χ1n) is 6.39. The Morgan fingerprint density at radius 2 is 2.15 bits per heavy atom. The second-order valence-electron chi connectivity index (χ2n) is 5.13. The van der Waals surface area contributed by atoms with Crippen LogP contribution in [0.4, 0.5) is 0 Å². The number of alkyl halides is 1. The molecule has 2 heterocycles. The van der Waals surface area contributed by atoms with Crippen molar-refractivity contribution in [1.29, 1.82) is 0 Å². The van der Waals surface area contributed by atoms with Gasteiger partial charge in [-0.2, -0.15) is 0 Å². The average Bonchev–Trinajstić information content (AvgIpc) is 2.64. The number of nitrogens with zero attached hydrogens (tertiary/aromatic N) is 3. The zero-order chi connectivity index (χ0) is 14.9. The van der Waals surface area contributed by atoms with E-state index >= 15 is 0 Å². The third-order valence-electron chi connectivity index (χ3n) is 3.04. The zero-order valence-corrected chi connectivity index (χ0v) is 13.4. The summed E-state index contributed by atoms with van der Waals surface area (Å²) in [6.45, 7) is 3.81. The molecule has 0 aliphatic carbocycles. The Balaban J connectivity index is 2.56. The van der Waals surface area contributed by atoms with Crippen LogP contribution >= 0.6 is 11.6 Å². The van der Waals surface area contributed by atoms with Gasteiger partial charge in [-0.15, -0.1) is 11.6 Å². The maximum absolute atomic E-state index is 11.5. The van der Waals surface area contributed by atoms with E-state index in [0.29, 0.717) is 17.9 Å². The number of hydrogen-bond donors (Lipinski definition) is 0. The third-order valence-corrected chi connectivity index (χ3v) is 4.32. The van der Waals surface area contributed by atoms with Gasteiger partial charge >= 0.3 is 0 Å². The van der Waals surface area contributed by atoms with Crippen molar-refractivity contribution in [2.45, 2.75) is 26.3 Å². The summed E-state index contributed by atoms with van der Waals surface area (Å²) in [7, 11) is -3.07. The van der Waals surface area contributed by atoms with Crippen LogP contribution in [0.5, 0.6) is 0 Å². The highest BCUT2D eigenvalue weighted by atomic mass is 35.5. The van der Waals surface area contributed by atoms with E-state index in [1.807, 2.05) is 24.5 Å². The van der Waals surface area contributed by atoms with Crippen molar-refractivity contribution in [3.63, 3.8) is 0 Å². The summed E-state index contributed by atoms with van der Waals surface area (Å²) in [6.07, 6.45) is 3.59. The summed E-state index contributed by atoms with van der Waals surface area (Å²) < 4.78 is 24.9. The molecule has 0 fully saturated rings. The lowest BCUT2D eigenvalue weighted by molar-refractivity contribution is 0.555. The third kappa shape index (κ3) is 3.30. The molecule has 0 spiro atoms. The Hall–Kier alpha value is -1.14. The molecule has 0 saturated heterocycles. The lowest BCUT2D eigenvalue weighted by Crippen LogP contribution is -2.19. The second kappa shape index (κ2) is 5.69. The molecule has 20 heavy (non-hydrogen) atoms. The minimum atomic E-state index is -3.07. The number of hydrogen-bond acceptors (Lipinski definition) is 4. The molecule has 2 aromatic rings. The highest BCUT2D eigenvalue weighted by Crippen LogP contribution is 2.22. The average molecular weight is 316 g/mol. The fourth-order valence-corrected chi connectivity index (χ4v) is 3.56. The van der Waals surface area contributed by atoms with E-state index in [2.05, 4.69) is 9.97 Å². The Labute approximate surface area is 123 Å². The van der Waals surface area contributed by atoms with Gasteiger partial charge in [0.25, 0.3) is 0 Å². The molecule has 0 amide bonds. The number of sulfone groups is 1. The van der Waals surface area contributed by atoms with Crippen LogP contribution in [0.25, 0.3) is 11.2 Å². The SMILES string of the molecule is Cc1cnc2c(c1)nc(CCCl)n2C(C)CS(C)(=O)=O. The monoisotopic (exact) mass is 315 g/mol. The fourth-order valence-electron chi connectivity index (χ4n) is 2.37. The van der Waals surface area contributed by atoms with Crippen LogP contribution in [0.15, 0.2) is 12.3 Å². The first-order valence-corrected chi connectivity index (χ1v) is 8.98. The topological polar surface area (TPSA) is 64.8 Å². The maximum Gasteiger partial charge on any atom is 0.160 e. The van der Waals surface area contributed by atoms with Crippen LogP contribution in [-0.4, -0.2) is 40.8 Å². The summed E-state index contributed by atoms with van der Waals surface area (Å²) in [5.41, 5.74) is 2.52. The molecule has 0 radical (unpaired) electrons. The standard InChI is InChI=1S/C13H18ClN3O2S/c1-9-6-11-13(15-7-9)17(12(16-11)4-5-14)10(2)8-20(3,18)19/h6-7,10H,4-5,8H2,1-3H3. The van der Waals surface area contributed by atoms with Crippen molar-refractivity contribution >= 4 is 32.6 Å². The number of imidazole rings is 1. The first-order chi connectivity index (χ1) is 9.31. The second-order valence-corrected chi connectivity index (χ2v) is 7.70. The van der Waals surface area contributed by atoms with E-state index in [0.717, 1.165) is 16.9 Å². The first kappa shape index (κ1) is 15.3. The van der Waals surface area contributed by atoms with Crippen molar-refractivity contribution in [3.05, 3.63) is 23.7 Å². The summed E-state index contributed by atoms with van der Waals surface area (Å²) in [6, 6.07) is 1.73. The molecule has 2 aromatic heterocycles. The quantitative estimate of drug-likeness (QED) is 0.793. The number of aromatic nitrogens is 3. The lowest BCUT2D eigenvalue weighted by atomic mass is 10.3. The van der Waals surface area contributed by atoms with Crippen molar-refractivity contribution < 1.29 is 8.42 Å². The minimum Gasteiger partial charge on any atom is -0.309 e. The predicted octanol–water partition coefficient (Wildman–Crippen LogP) is 2.13. The smallest absolute Gasteiger partial charge is 0.160 e. The van der Waals surface area contributed by atoms with E-state index in [1.165, 1.54) is 6.26 Å². The summed E-state index contributed by atoms with van der Waals surface area (Å²) in [5.74, 6) is 1.28. The summed E-state index contributed by atoms with van der Waals surface area (Å²) >= 11 is 5.81. The molecule has 0 aromatic carbocycles. The molecule has 7 heteroatoms. The van der Waals surface area contributed by atoms with Gasteiger partial charge in [-0.05, 0) is 25.5 Å². The largest absolute Gasteiger partial charge is 0.309 e. The predicted molar refractivity (Wildman–Crippen MR) is 81.1 cm³/mol. The van der Waals surface area contributed by atoms with Crippen molar-refractivity contribution in [3.8, 4) is 0 Å². The normalized spacial score (nSPS) is 13.8. The van der Waals surface area contributed by atoms with E-state index in [1.54, 1.807) is 6.20 Å². The van der Waals surface area contributed by atoms with E-state index in [4.69, 9.17) is 11.6 Å². The van der Waals surface area contributed by atoms with Gasteiger partial charge in [-0.3, -0.25) is 0 Å². The van der Waals surface area contributed by atoms with Crippen LogP contribution in [-0.2, 0) is 16.3 Å². The molecule has 110 valence electrons. The van der Waals surface area contributed by atoms with E-state index in [-0.39, 0.29) is 11.8 Å². The van der Waals surface area contributed by atoms with Crippen molar-refractivity contribution in [2.24, 2.45) is 0 Å². The van der Waals surface area contributed by atoms with Crippen LogP contribution in [0.3, 0.4) is 0 Å². The van der Waals surface area contributed by atoms with Gasteiger partial charge in [-0.25, -0.2) is 18.4 Å². The molecule has 1 atom stereocenters. The highest BCUT2D eigenvalue weighted by Gasteiger charge is 2.19. The van der Waals surface area contributed by atoms with Crippen molar-refractivity contribution in [2.75, 3.05) is 17.9 Å². The summed E-state index contributed by atoms with van der Waals surface area (Å²) in [4.78, 5) is 8.93. The molecule has 0 aliphatic rings. The lowest BCUT2D eigenvalue weighted by Gasteiger charge is -2.15. The molecular weight excluding hydrogens is 298 g/mol. The summed E-state index contributed by atoms with van der Waals surface area (Å²) in [5, 5.41) is 0. The highest BCUT2D eigenvalue weighted by molar-refractivity contribution is 7.90. The van der Waals surface area contributed by atoms with Gasteiger partial charge in [0.05, 0.1) is 5.75 Å². The Bertz CT molecular complexity index is 725. The minimum absolute atomic E-state index is 0.0588. The number of aryl methyl sites for hydroxylation is 2. The molecule has 0 aliphatic heterocycles.